The molecule has 29 heavy (non-hydrogen) atoms. The van der Waals surface area contributed by atoms with Gasteiger partial charge in [0.2, 0.25) is 0 Å². The van der Waals surface area contributed by atoms with Crippen molar-refractivity contribution in [2.24, 2.45) is 16.3 Å². The van der Waals surface area contributed by atoms with Crippen LogP contribution in [0.1, 0.15) is 37.5 Å². The zero-order valence-electron chi connectivity index (χ0n) is 17.6. The summed E-state index contributed by atoms with van der Waals surface area (Å²) >= 11 is 1.85. The molecule has 1 atom stereocenters. The smallest absolute Gasteiger partial charge is 0.191 e. The van der Waals surface area contributed by atoms with E-state index in [1.165, 1.54) is 30.8 Å². The Bertz CT molecular complexity index is 586. The lowest BCUT2D eigenvalue weighted by Gasteiger charge is -2.32. The maximum atomic E-state index is 9.40. The third kappa shape index (κ3) is 7.97. The Morgan fingerprint density at radius 3 is 2.83 bits per heavy atom. The van der Waals surface area contributed by atoms with Gasteiger partial charge in [0.1, 0.15) is 0 Å². The van der Waals surface area contributed by atoms with E-state index >= 15 is 0 Å². The van der Waals surface area contributed by atoms with E-state index in [4.69, 9.17) is 9.73 Å². The standard InChI is InChI=1S/C21H36N4O2S.HI/c1-2-22-20(24-16-21(7-11-26)8-12-27-17-21)23-14-18-5-9-25(10-6-18)15-19-4-3-13-28-19;/h3-4,13,18,26H,2,5-12,14-17H2,1H3,(H2,22,23,24);1H. The van der Waals surface area contributed by atoms with Crippen molar-refractivity contribution in [1.82, 2.24) is 15.5 Å². The number of hydrogen-bond acceptors (Lipinski definition) is 5. The molecular formula is C21H37IN4O2S. The molecule has 0 saturated carbocycles. The molecule has 1 aromatic rings. The second kappa shape index (κ2) is 13.1. The van der Waals surface area contributed by atoms with Crippen LogP contribution in [0.4, 0.5) is 0 Å². The van der Waals surface area contributed by atoms with Crippen LogP contribution in [0.2, 0.25) is 0 Å². The Morgan fingerprint density at radius 1 is 1.38 bits per heavy atom. The van der Waals surface area contributed by atoms with Crippen molar-refractivity contribution in [2.75, 3.05) is 52.5 Å². The molecule has 2 aliphatic rings. The van der Waals surface area contributed by atoms with Gasteiger partial charge in [0, 0.05) is 43.1 Å². The van der Waals surface area contributed by atoms with Crippen LogP contribution in [0.15, 0.2) is 22.5 Å². The summed E-state index contributed by atoms with van der Waals surface area (Å²) in [7, 11) is 0. The van der Waals surface area contributed by atoms with Gasteiger partial charge in [0.05, 0.1) is 13.2 Å². The van der Waals surface area contributed by atoms with E-state index in [1.807, 2.05) is 11.3 Å². The molecule has 0 aliphatic carbocycles. The molecule has 2 aliphatic heterocycles. The van der Waals surface area contributed by atoms with Crippen molar-refractivity contribution in [3.8, 4) is 0 Å². The average Bonchev–Trinajstić information content (AvgIpc) is 3.38. The largest absolute Gasteiger partial charge is 0.396 e. The molecule has 3 rings (SSSR count). The summed E-state index contributed by atoms with van der Waals surface area (Å²) in [6.07, 6.45) is 4.22. The van der Waals surface area contributed by atoms with Crippen LogP contribution in [0.25, 0.3) is 0 Å². The summed E-state index contributed by atoms with van der Waals surface area (Å²) < 4.78 is 5.58. The first-order chi connectivity index (χ1) is 13.7. The monoisotopic (exact) mass is 536 g/mol. The fourth-order valence-electron chi connectivity index (χ4n) is 4.09. The SMILES string of the molecule is CCNC(=NCC1(CCO)CCOC1)NCC1CCN(Cc2cccs2)CC1.I. The predicted molar refractivity (Wildman–Crippen MR) is 131 cm³/mol. The zero-order valence-corrected chi connectivity index (χ0v) is 20.7. The number of nitrogens with zero attached hydrogens (tertiary/aromatic N) is 2. The molecule has 8 heteroatoms. The number of halogens is 1. The highest BCUT2D eigenvalue weighted by Crippen LogP contribution is 2.32. The van der Waals surface area contributed by atoms with Gasteiger partial charge in [-0.2, -0.15) is 0 Å². The third-order valence-electron chi connectivity index (χ3n) is 5.97. The molecule has 1 aromatic heterocycles. The summed E-state index contributed by atoms with van der Waals surface area (Å²) in [5.74, 6) is 1.59. The van der Waals surface area contributed by atoms with E-state index in [1.54, 1.807) is 0 Å². The van der Waals surface area contributed by atoms with E-state index in [2.05, 4.69) is 40.0 Å². The van der Waals surface area contributed by atoms with E-state index in [0.29, 0.717) is 19.1 Å². The zero-order chi connectivity index (χ0) is 19.7. The van der Waals surface area contributed by atoms with Gasteiger partial charge in [-0.15, -0.1) is 35.3 Å². The average molecular weight is 537 g/mol. The Balaban J connectivity index is 0.00000300. The number of piperidine rings is 1. The molecule has 0 bridgehead atoms. The number of rotatable bonds is 9. The number of likely N-dealkylation sites (tertiary alicyclic amines) is 1. The third-order valence-corrected chi connectivity index (χ3v) is 6.83. The first-order valence-electron chi connectivity index (χ1n) is 10.7. The quantitative estimate of drug-likeness (QED) is 0.257. The van der Waals surface area contributed by atoms with Gasteiger partial charge >= 0.3 is 0 Å². The number of thiophene rings is 1. The molecule has 3 heterocycles. The number of aliphatic imine (C=N–C) groups is 1. The van der Waals surface area contributed by atoms with E-state index < -0.39 is 0 Å². The van der Waals surface area contributed by atoms with Crippen molar-refractivity contribution in [3.05, 3.63) is 22.4 Å². The summed E-state index contributed by atoms with van der Waals surface area (Å²) in [4.78, 5) is 8.86. The van der Waals surface area contributed by atoms with Crippen molar-refractivity contribution in [2.45, 2.75) is 39.2 Å². The van der Waals surface area contributed by atoms with Gasteiger partial charge in [0.15, 0.2) is 5.96 Å². The first kappa shape index (κ1) is 24.8. The molecule has 0 amide bonds. The second-order valence-corrected chi connectivity index (χ2v) is 9.18. The highest BCUT2D eigenvalue weighted by Gasteiger charge is 2.34. The minimum atomic E-state index is 0. The molecule has 2 saturated heterocycles. The van der Waals surface area contributed by atoms with Crippen molar-refractivity contribution in [3.63, 3.8) is 0 Å². The molecule has 2 fully saturated rings. The van der Waals surface area contributed by atoms with Crippen LogP contribution in [0, 0.1) is 11.3 Å². The van der Waals surface area contributed by atoms with E-state index in [-0.39, 0.29) is 36.0 Å². The molecule has 0 radical (unpaired) electrons. The Labute approximate surface area is 196 Å². The number of hydrogen-bond donors (Lipinski definition) is 3. The van der Waals surface area contributed by atoms with Crippen LogP contribution in [0.5, 0.6) is 0 Å². The van der Waals surface area contributed by atoms with Gasteiger partial charge in [-0.1, -0.05) is 6.07 Å². The second-order valence-electron chi connectivity index (χ2n) is 8.15. The predicted octanol–water partition coefficient (Wildman–Crippen LogP) is 2.92. The fourth-order valence-corrected chi connectivity index (χ4v) is 4.83. The van der Waals surface area contributed by atoms with Crippen LogP contribution < -0.4 is 10.6 Å². The Morgan fingerprint density at radius 2 is 2.21 bits per heavy atom. The van der Waals surface area contributed by atoms with Gasteiger partial charge in [-0.05, 0) is 63.1 Å². The number of ether oxygens (including phenoxy) is 1. The number of guanidine groups is 1. The van der Waals surface area contributed by atoms with Crippen molar-refractivity contribution >= 4 is 41.3 Å². The number of nitrogens with one attached hydrogen (secondary N) is 2. The lowest BCUT2D eigenvalue weighted by atomic mass is 9.84. The summed E-state index contributed by atoms with van der Waals surface area (Å²) in [5.41, 5.74) is 0.00420. The first-order valence-corrected chi connectivity index (χ1v) is 11.6. The Hall–Kier alpha value is -0.420. The maximum Gasteiger partial charge on any atom is 0.191 e. The molecular weight excluding hydrogens is 499 g/mol. The van der Waals surface area contributed by atoms with Gasteiger partial charge in [-0.25, -0.2) is 0 Å². The Kier molecular flexibility index (Phi) is 11.2. The normalized spacial score (nSPS) is 23.7. The van der Waals surface area contributed by atoms with E-state index in [0.717, 1.165) is 45.0 Å². The number of aliphatic hydroxyl groups is 1. The van der Waals surface area contributed by atoms with Crippen LogP contribution in [-0.2, 0) is 11.3 Å². The molecule has 166 valence electrons. The lowest BCUT2D eigenvalue weighted by Crippen LogP contribution is -2.43. The van der Waals surface area contributed by atoms with Gasteiger partial charge < -0.3 is 20.5 Å². The van der Waals surface area contributed by atoms with Crippen LogP contribution in [0.3, 0.4) is 0 Å². The van der Waals surface area contributed by atoms with Gasteiger partial charge in [0.25, 0.3) is 0 Å². The summed E-state index contributed by atoms with van der Waals surface area (Å²) in [6, 6.07) is 4.37. The maximum absolute atomic E-state index is 9.40. The molecule has 0 aromatic carbocycles. The van der Waals surface area contributed by atoms with Crippen molar-refractivity contribution < 1.29 is 9.84 Å². The lowest BCUT2D eigenvalue weighted by molar-refractivity contribution is 0.131. The molecule has 6 nitrogen and oxygen atoms in total. The van der Waals surface area contributed by atoms with Crippen LogP contribution in [-0.4, -0.2) is 68.5 Å². The minimum Gasteiger partial charge on any atom is -0.396 e. The molecule has 1 unspecified atom stereocenters. The highest BCUT2D eigenvalue weighted by atomic mass is 127. The van der Waals surface area contributed by atoms with Gasteiger partial charge in [-0.3, -0.25) is 9.89 Å². The number of aliphatic hydroxyl groups excluding tert-OH is 1. The minimum absolute atomic E-state index is 0. The summed E-state index contributed by atoms with van der Waals surface area (Å²) in [6.45, 7) is 9.78. The highest BCUT2D eigenvalue weighted by molar-refractivity contribution is 14.0. The summed E-state index contributed by atoms with van der Waals surface area (Å²) in [5, 5.41) is 18.5. The molecule has 0 spiro atoms. The van der Waals surface area contributed by atoms with Crippen molar-refractivity contribution in [1.29, 1.82) is 0 Å². The topological polar surface area (TPSA) is 69.1 Å². The van der Waals surface area contributed by atoms with Crippen LogP contribution >= 0.6 is 35.3 Å². The van der Waals surface area contributed by atoms with E-state index in [9.17, 15) is 5.11 Å². The fraction of sp³-hybridized carbons (Fsp3) is 0.762. The molecule has 3 N–H and O–H groups in total.